The molecule has 1 saturated carbocycles. The topological polar surface area (TPSA) is 127 Å². The summed E-state index contributed by atoms with van der Waals surface area (Å²) in [5.74, 6) is -1.16. The van der Waals surface area contributed by atoms with Gasteiger partial charge in [-0.3, -0.25) is 10.1 Å². The van der Waals surface area contributed by atoms with Gasteiger partial charge >= 0.3 is 16.5 Å². The summed E-state index contributed by atoms with van der Waals surface area (Å²) in [6, 6.07) is 7.93. The van der Waals surface area contributed by atoms with Gasteiger partial charge in [-0.2, -0.15) is 12.8 Å². The number of carboxylic acid groups (broad SMARTS) is 1. The van der Waals surface area contributed by atoms with Crippen molar-refractivity contribution in [3.05, 3.63) is 40.4 Å². The van der Waals surface area contributed by atoms with E-state index >= 15 is 0 Å². The fraction of sp³-hybridized carbons (Fsp3) is 0.300. The maximum absolute atomic E-state index is 10.3. The van der Waals surface area contributed by atoms with E-state index in [1.807, 2.05) is 0 Å². The lowest BCUT2D eigenvalue weighted by molar-refractivity contribution is -0.384. The second-order valence-corrected chi connectivity index (χ2v) is 4.35. The number of nitrogens with zero attached hydrogens (tertiary/aromatic N) is 2. The zero-order valence-electron chi connectivity index (χ0n) is 9.59. The van der Waals surface area contributed by atoms with Crippen LogP contribution in [0.2, 0.25) is 0 Å². The SMILES string of the molecule is O=C(O)C1(N=S(=O)=O)CC1.O=[N+]([O-])c1ccccc1. The van der Waals surface area contributed by atoms with Gasteiger partial charge in [-0.25, -0.2) is 4.79 Å². The second-order valence-electron chi connectivity index (χ2n) is 3.74. The highest BCUT2D eigenvalue weighted by Crippen LogP contribution is 2.39. The lowest BCUT2D eigenvalue weighted by atomic mass is 10.3. The average molecular weight is 286 g/mol. The molecule has 1 aromatic rings. The minimum atomic E-state index is -2.60. The van der Waals surface area contributed by atoms with Crippen LogP contribution in [0.5, 0.6) is 0 Å². The van der Waals surface area contributed by atoms with E-state index < -0.39 is 26.9 Å². The minimum Gasteiger partial charge on any atom is -0.479 e. The number of non-ortho nitro benzene ring substituents is 1. The van der Waals surface area contributed by atoms with E-state index in [4.69, 9.17) is 5.11 Å². The molecular weight excluding hydrogens is 276 g/mol. The van der Waals surface area contributed by atoms with Gasteiger partial charge in [0.1, 0.15) is 0 Å². The first-order valence-electron chi connectivity index (χ1n) is 5.12. The summed E-state index contributed by atoms with van der Waals surface area (Å²) in [4.78, 5) is 19.8. The van der Waals surface area contributed by atoms with Crippen LogP contribution in [0.4, 0.5) is 5.69 Å². The molecule has 0 spiro atoms. The van der Waals surface area contributed by atoms with Crippen molar-refractivity contribution in [2.24, 2.45) is 4.36 Å². The Morgan fingerprint density at radius 1 is 1.32 bits per heavy atom. The number of nitro groups is 1. The van der Waals surface area contributed by atoms with E-state index in [0.717, 1.165) is 0 Å². The van der Waals surface area contributed by atoms with Gasteiger partial charge in [0.25, 0.3) is 5.69 Å². The normalized spacial score (nSPS) is 14.5. The van der Waals surface area contributed by atoms with Crippen LogP contribution in [-0.2, 0) is 15.3 Å². The van der Waals surface area contributed by atoms with E-state index in [1.165, 1.54) is 12.1 Å². The summed E-state index contributed by atoms with van der Waals surface area (Å²) >= 11 is 0. The predicted octanol–water partition coefficient (Wildman–Crippen LogP) is 1.26. The Hall–Kier alpha value is -2.29. The third kappa shape index (κ3) is 4.47. The maximum atomic E-state index is 10.3. The lowest BCUT2D eigenvalue weighted by Crippen LogP contribution is -2.18. The number of carbonyl (C=O) groups is 1. The van der Waals surface area contributed by atoms with Gasteiger partial charge in [0.15, 0.2) is 5.54 Å². The van der Waals surface area contributed by atoms with Gasteiger partial charge in [0.2, 0.25) is 0 Å². The Morgan fingerprint density at radius 2 is 1.84 bits per heavy atom. The Labute approximate surface area is 109 Å². The highest BCUT2D eigenvalue weighted by Gasteiger charge is 2.51. The van der Waals surface area contributed by atoms with Crippen LogP contribution in [0.1, 0.15) is 12.8 Å². The summed E-state index contributed by atoms with van der Waals surface area (Å²) in [6.07, 6.45) is 0.659. The number of aliphatic carboxylic acids is 1. The van der Waals surface area contributed by atoms with Crippen LogP contribution in [-0.4, -0.2) is 30.0 Å². The molecule has 0 bridgehead atoms. The summed E-state index contributed by atoms with van der Waals surface area (Å²) in [6.45, 7) is 0. The fourth-order valence-corrected chi connectivity index (χ4v) is 1.70. The van der Waals surface area contributed by atoms with Crippen molar-refractivity contribution in [1.29, 1.82) is 0 Å². The van der Waals surface area contributed by atoms with Gasteiger partial charge in [0.05, 0.1) is 4.92 Å². The quantitative estimate of drug-likeness (QED) is 0.658. The molecule has 0 aliphatic heterocycles. The molecule has 1 aromatic carbocycles. The molecule has 102 valence electrons. The zero-order chi connectivity index (χ0) is 14.5. The fourth-order valence-electron chi connectivity index (χ4n) is 1.15. The van der Waals surface area contributed by atoms with Crippen molar-refractivity contribution in [3.8, 4) is 0 Å². The molecule has 1 aliphatic rings. The first-order valence-corrected chi connectivity index (χ1v) is 6.16. The van der Waals surface area contributed by atoms with E-state index in [0.29, 0.717) is 12.8 Å². The number of benzene rings is 1. The van der Waals surface area contributed by atoms with Gasteiger partial charge in [-0.1, -0.05) is 18.2 Å². The third-order valence-electron chi connectivity index (χ3n) is 2.34. The van der Waals surface area contributed by atoms with E-state index in [1.54, 1.807) is 18.2 Å². The van der Waals surface area contributed by atoms with Gasteiger partial charge in [-0.15, -0.1) is 0 Å². The van der Waals surface area contributed by atoms with E-state index in [-0.39, 0.29) is 5.69 Å². The molecule has 8 nitrogen and oxygen atoms in total. The first kappa shape index (κ1) is 14.8. The lowest BCUT2D eigenvalue weighted by Gasteiger charge is -1.94. The van der Waals surface area contributed by atoms with Crippen LogP contribution in [0.3, 0.4) is 0 Å². The molecule has 0 unspecified atom stereocenters. The molecular formula is C10H10N2O6S. The molecule has 0 heterocycles. The molecule has 9 heteroatoms. The van der Waals surface area contributed by atoms with Crippen molar-refractivity contribution in [2.75, 3.05) is 0 Å². The Morgan fingerprint density at radius 3 is 2.05 bits per heavy atom. The van der Waals surface area contributed by atoms with Crippen LogP contribution >= 0.6 is 0 Å². The molecule has 1 aliphatic carbocycles. The molecule has 0 radical (unpaired) electrons. The van der Waals surface area contributed by atoms with Crippen molar-refractivity contribution in [2.45, 2.75) is 18.4 Å². The number of nitro benzene ring substituents is 1. The molecule has 0 atom stereocenters. The predicted molar refractivity (Wildman–Crippen MR) is 64.0 cm³/mol. The molecule has 2 rings (SSSR count). The Kier molecular flexibility index (Phi) is 4.70. The van der Waals surface area contributed by atoms with Gasteiger partial charge in [-0.05, 0) is 12.8 Å². The zero-order valence-corrected chi connectivity index (χ0v) is 10.4. The molecule has 0 aromatic heterocycles. The highest BCUT2D eigenvalue weighted by molar-refractivity contribution is 7.61. The average Bonchev–Trinajstić information content (AvgIpc) is 3.11. The van der Waals surface area contributed by atoms with E-state index in [9.17, 15) is 23.3 Å². The van der Waals surface area contributed by atoms with Gasteiger partial charge < -0.3 is 5.11 Å². The van der Waals surface area contributed by atoms with Gasteiger partial charge in [0, 0.05) is 12.1 Å². The Bertz CT molecular complexity index is 598. The van der Waals surface area contributed by atoms with E-state index in [2.05, 4.69) is 4.36 Å². The van der Waals surface area contributed by atoms with Crippen molar-refractivity contribution >= 4 is 22.2 Å². The number of rotatable bonds is 3. The van der Waals surface area contributed by atoms with Crippen LogP contribution in [0.25, 0.3) is 0 Å². The molecule has 19 heavy (non-hydrogen) atoms. The summed E-state index contributed by atoms with van der Waals surface area (Å²) < 4.78 is 22.9. The first-order chi connectivity index (χ1) is 8.87. The molecule has 1 fully saturated rings. The number of para-hydroxylation sites is 1. The largest absolute Gasteiger partial charge is 0.479 e. The van der Waals surface area contributed by atoms with Crippen LogP contribution in [0, 0.1) is 10.1 Å². The van der Waals surface area contributed by atoms with Crippen molar-refractivity contribution in [1.82, 2.24) is 0 Å². The smallest absolute Gasteiger partial charge is 0.332 e. The Balaban J connectivity index is 0.000000191. The number of hydrogen-bond donors (Lipinski definition) is 1. The third-order valence-corrected chi connectivity index (χ3v) is 2.84. The minimum absolute atomic E-state index is 0.137. The maximum Gasteiger partial charge on any atom is 0.332 e. The summed E-state index contributed by atoms with van der Waals surface area (Å²) in [5.41, 5.74) is -1.16. The monoisotopic (exact) mass is 286 g/mol. The van der Waals surface area contributed by atoms with Crippen LogP contribution < -0.4 is 0 Å². The standard InChI is InChI=1S/C6H5NO2.C4H5NO4S/c8-7(9)6-4-2-1-3-5-6;6-3(7)4(1-2-4)5-10(8)9/h1-5H;1-2H2,(H,6,7). The highest BCUT2D eigenvalue weighted by atomic mass is 32.2. The van der Waals surface area contributed by atoms with Crippen LogP contribution in [0.15, 0.2) is 34.7 Å². The van der Waals surface area contributed by atoms with Crippen molar-refractivity contribution in [3.63, 3.8) is 0 Å². The second kappa shape index (κ2) is 6.05. The summed E-state index contributed by atoms with van der Waals surface area (Å²) in [7, 11) is -2.60. The van der Waals surface area contributed by atoms with Crippen molar-refractivity contribution < 1.29 is 23.2 Å². The summed E-state index contributed by atoms with van der Waals surface area (Å²) in [5, 5.41) is 18.4. The molecule has 0 amide bonds. The molecule has 1 N–H and O–H groups in total. The molecule has 0 saturated heterocycles. The number of hydrogen-bond acceptors (Lipinski definition) is 6. The number of carboxylic acids is 1.